The number of hydrogen-bond donors (Lipinski definition) is 1. The molecule has 2 rings (SSSR count). The molecule has 1 aromatic rings. The Labute approximate surface area is 89.2 Å². The number of benzene rings is 1. The van der Waals surface area contributed by atoms with Crippen molar-refractivity contribution in [3.05, 3.63) is 53.9 Å². The van der Waals surface area contributed by atoms with Gasteiger partial charge in [-0.25, -0.2) is 4.99 Å². The van der Waals surface area contributed by atoms with Gasteiger partial charge in [0, 0.05) is 12.7 Å². The van der Waals surface area contributed by atoms with E-state index in [1.54, 1.807) is 6.34 Å². The molecule has 0 bridgehead atoms. The van der Waals surface area contributed by atoms with Crippen molar-refractivity contribution >= 4 is 12.0 Å². The highest BCUT2D eigenvalue weighted by atomic mass is 15.1. The Morgan fingerprint density at radius 3 is 2.60 bits per heavy atom. The molecular weight excluding hydrogens is 186 g/mol. The van der Waals surface area contributed by atoms with Gasteiger partial charge < -0.3 is 10.6 Å². The fourth-order valence-corrected chi connectivity index (χ4v) is 1.45. The lowest BCUT2D eigenvalue weighted by Crippen LogP contribution is -2.13. The molecule has 0 aromatic heterocycles. The van der Waals surface area contributed by atoms with Crippen molar-refractivity contribution in [2.45, 2.75) is 0 Å². The van der Waals surface area contributed by atoms with Gasteiger partial charge in [-0.1, -0.05) is 30.3 Å². The molecule has 0 atom stereocenters. The van der Waals surface area contributed by atoms with E-state index >= 15 is 0 Å². The van der Waals surface area contributed by atoms with Gasteiger partial charge in [-0.3, -0.25) is 0 Å². The lowest BCUT2D eigenvalue weighted by Gasteiger charge is -2.16. The van der Waals surface area contributed by atoms with Gasteiger partial charge >= 0.3 is 0 Å². The minimum absolute atomic E-state index is 0.521. The van der Waals surface area contributed by atoms with E-state index in [2.05, 4.69) is 17.1 Å². The van der Waals surface area contributed by atoms with Gasteiger partial charge in [-0.15, -0.1) is 0 Å². The Kier molecular flexibility index (Phi) is 2.54. The first-order chi connectivity index (χ1) is 7.27. The summed E-state index contributed by atoms with van der Waals surface area (Å²) >= 11 is 0. The van der Waals surface area contributed by atoms with E-state index in [9.17, 15) is 0 Å². The second-order valence-corrected chi connectivity index (χ2v) is 3.36. The first kappa shape index (κ1) is 9.52. The Bertz CT molecular complexity index is 429. The number of allylic oxidation sites excluding steroid dienone is 2. The maximum absolute atomic E-state index is 5.63. The molecule has 0 saturated carbocycles. The number of aliphatic imine (C=N–C) groups is 1. The van der Waals surface area contributed by atoms with E-state index in [-0.39, 0.29) is 0 Å². The van der Waals surface area contributed by atoms with Gasteiger partial charge in [0.05, 0.1) is 6.34 Å². The van der Waals surface area contributed by atoms with Crippen molar-refractivity contribution in [3.8, 4) is 0 Å². The van der Waals surface area contributed by atoms with Crippen LogP contribution in [-0.4, -0.2) is 18.3 Å². The highest BCUT2D eigenvalue weighted by Gasteiger charge is 2.06. The standard InChI is InChI=1S/C12H13N3/c1-15-9-14-12(13)8-7-11(15)10-5-3-2-4-6-10/h2-9H,13H2,1H3. The molecule has 0 amide bonds. The first-order valence-corrected chi connectivity index (χ1v) is 4.77. The highest BCUT2D eigenvalue weighted by molar-refractivity contribution is 5.78. The topological polar surface area (TPSA) is 41.6 Å². The van der Waals surface area contributed by atoms with Crippen LogP contribution in [-0.2, 0) is 0 Å². The summed E-state index contributed by atoms with van der Waals surface area (Å²) in [6.45, 7) is 0. The molecule has 2 N–H and O–H groups in total. The van der Waals surface area contributed by atoms with Gasteiger partial charge in [0.15, 0.2) is 0 Å². The molecule has 3 nitrogen and oxygen atoms in total. The van der Waals surface area contributed by atoms with Gasteiger partial charge in [-0.05, 0) is 17.7 Å². The Hall–Kier alpha value is -2.03. The number of nitrogens with two attached hydrogens (primary N) is 1. The molecule has 3 heteroatoms. The lowest BCUT2D eigenvalue weighted by atomic mass is 10.1. The summed E-state index contributed by atoms with van der Waals surface area (Å²) in [6.07, 6.45) is 5.50. The molecular formula is C12H13N3. The number of hydrogen-bond acceptors (Lipinski definition) is 3. The summed E-state index contributed by atoms with van der Waals surface area (Å²) in [5.74, 6) is 0.521. The van der Waals surface area contributed by atoms with E-state index in [1.807, 2.05) is 42.3 Å². The van der Waals surface area contributed by atoms with Crippen molar-refractivity contribution in [2.24, 2.45) is 10.7 Å². The van der Waals surface area contributed by atoms with Crippen molar-refractivity contribution in [3.63, 3.8) is 0 Å². The molecule has 0 aliphatic carbocycles. The lowest BCUT2D eigenvalue weighted by molar-refractivity contribution is 0.741. The zero-order valence-electron chi connectivity index (χ0n) is 8.59. The number of nitrogens with zero attached hydrogens (tertiary/aromatic N) is 2. The zero-order valence-corrected chi connectivity index (χ0v) is 8.59. The first-order valence-electron chi connectivity index (χ1n) is 4.77. The van der Waals surface area contributed by atoms with Crippen molar-refractivity contribution in [1.29, 1.82) is 0 Å². The van der Waals surface area contributed by atoms with Crippen LogP contribution in [0.25, 0.3) is 5.70 Å². The third kappa shape index (κ3) is 2.07. The smallest absolute Gasteiger partial charge is 0.125 e. The van der Waals surface area contributed by atoms with Gasteiger partial charge in [0.2, 0.25) is 0 Å². The maximum Gasteiger partial charge on any atom is 0.125 e. The quantitative estimate of drug-likeness (QED) is 0.749. The average molecular weight is 199 g/mol. The molecule has 1 aromatic carbocycles. The molecule has 0 fully saturated rings. The number of rotatable bonds is 1. The van der Waals surface area contributed by atoms with Crippen LogP contribution in [0.4, 0.5) is 0 Å². The molecule has 1 aliphatic heterocycles. The van der Waals surface area contributed by atoms with Crippen LogP contribution in [0.2, 0.25) is 0 Å². The Morgan fingerprint density at radius 1 is 1.13 bits per heavy atom. The van der Waals surface area contributed by atoms with E-state index in [0.29, 0.717) is 5.82 Å². The van der Waals surface area contributed by atoms with Crippen LogP contribution in [0.1, 0.15) is 5.56 Å². The minimum atomic E-state index is 0.521. The molecule has 0 spiro atoms. The largest absolute Gasteiger partial charge is 0.384 e. The second kappa shape index (κ2) is 4.00. The summed E-state index contributed by atoms with van der Waals surface area (Å²) in [6, 6.07) is 10.1. The average Bonchev–Trinajstić information content (AvgIpc) is 2.43. The monoisotopic (exact) mass is 199 g/mol. The van der Waals surface area contributed by atoms with E-state index in [4.69, 9.17) is 5.73 Å². The summed E-state index contributed by atoms with van der Waals surface area (Å²) in [7, 11) is 1.95. The molecule has 76 valence electrons. The Morgan fingerprint density at radius 2 is 1.87 bits per heavy atom. The third-order valence-corrected chi connectivity index (χ3v) is 2.24. The fourth-order valence-electron chi connectivity index (χ4n) is 1.45. The van der Waals surface area contributed by atoms with Crippen LogP contribution in [0.15, 0.2) is 53.3 Å². The molecule has 1 heterocycles. The van der Waals surface area contributed by atoms with Crippen LogP contribution in [0.3, 0.4) is 0 Å². The van der Waals surface area contributed by atoms with Gasteiger partial charge in [0.25, 0.3) is 0 Å². The minimum Gasteiger partial charge on any atom is -0.384 e. The zero-order chi connectivity index (χ0) is 10.7. The van der Waals surface area contributed by atoms with Crippen molar-refractivity contribution in [1.82, 2.24) is 4.90 Å². The van der Waals surface area contributed by atoms with E-state index in [0.717, 1.165) is 11.3 Å². The normalized spacial score (nSPS) is 15.7. The van der Waals surface area contributed by atoms with Crippen LogP contribution in [0.5, 0.6) is 0 Å². The Balaban J connectivity index is 2.41. The van der Waals surface area contributed by atoms with Crippen molar-refractivity contribution in [2.75, 3.05) is 7.05 Å². The second-order valence-electron chi connectivity index (χ2n) is 3.36. The fraction of sp³-hybridized carbons (Fsp3) is 0.0833. The highest BCUT2D eigenvalue weighted by Crippen LogP contribution is 2.18. The summed E-state index contributed by atoms with van der Waals surface area (Å²) in [5.41, 5.74) is 7.86. The maximum atomic E-state index is 5.63. The van der Waals surface area contributed by atoms with Crippen LogP contribution < -0.4 is 5.73 Å². The molecule has 0 saturated heterocycles. The predicted molar refractivity (Wildman–Crippen MR) is 62.9 cm³/mol. The third-order valence-electron chi connectivity index (χ3n) is 2.24. The predicted octanol–water partition coefficient (Wildman–Crippen LogP) is 1.80. The van der Waals surface area contributed by atoms with E-state index < -0.39 is 0 Å². The summed E-state index contributed by atoms with van der Waals surface area (Å²) in [4.78, 5) is 6.02. The summed E-state index contributed by atoms with van der Waals surface area (Å²) < 4.78 is 0. The van der Waals surface area contributed by atoms with Gasteiger partial charge in [0.1, 0.15) is 5.82 Å². The van der Waals surface area contributed by atoms with E-state index in [1.165, 1.54) is 0 Å². The SMILES string of the molecule is CN1C=NC(N)=CC=C1c1ccccc1. The molecule has 0 unspecified atom stereocenters. The van der Waals surface area contributed by atoms with Crippen LogP contribution >= 0.6 is 0 Å². The molecule has 1 aliphatic rings. The molecule has 0 radical (unpaired) electrons. The molecule has 15 heavy (non-hydrogen) atoms. The van der Waals surface area contributed by atoms with Crippen molar-refractivity contribution < 1.29 is 0 Å². The van der Waals surface area contributed by atoms with Gasteiger partial charge in [-0.2, -0.15) is 0 Å². The van der Waals surface area contributed by atoms with Crippen LogP contribution in [0, 0.1) is 0 Å². The summed E-state index contributed by atoms with van der Waals surface area (Å²) in [5, 5.41) is 0.